The first-order chi connectivity index (χ1) is 9.29. The zero-order chi connectivity index (χ0) is 14.9. The lowest BCUT2D eigenvalue weighted by Crippen LogP contribution is -2.12. The van der Waals surface area contributed by atoms with Crippen molar-refractivity contribution >= 4 is 5.97 Å². The van der Waals surface area contributed by atoms with E-state index < -0.39 is 29.0 Å². The van der Waals surface area contributed by atoms with Crippen molar-refractivity contribution in [2.75, 3.05) is 0 Å². The average molecular weight is 284 g/mol. The summed E-state index contributed by atoms with van der Waals surface area (Å²) >= 11 is 0. The highest BCUT2D eigenvalue weighted by Gasteiger charge is 2.32. The molecule has 0 unspecified atom stereocenters. The first-order valence-corrected chi connectivity index (χ1v) is 5.29. The topological polar surface area (TPSA) is 83.0 Å². The summed E-state index contributed by atoms with van der Waals surface area (Å²) in [6, 6.07) is 3.91. The maximum absolute atomic E-state index is 12.6. The van der Waals surface area contributed by atoms with Crippen LogP contribution >= 0.6 is 0 Å². The third-order valence-corrected chi connectivity index (χ3v) is 2.47. The number of carboxylic acids is 1. The Bertz CT molecular complexity index is 722. The van der Waals surface area contributed by atoms with Gasteiger partial charge >= 0.3 is 12.1 Å². The number of hydrogen-bond donors (Lipinski definition) is 2. The number of H-pyrrole nitrogens is 1. The second kappa shape index (κ2) is 4.80. The predicted octanol–water partition coefficient (Wildman–Crippen LogP) is 2.15. The van der Waals surface area contributed by atoms with Crippen LogP contribution < -0.4 is 5.56 Å². The van der Waals surface area contributed by atoms with Crippen molar-refractivity contribution in [3.8, 4) is 11.3 Å². The van der Waals surface area contributed by atoms with Crippen LogP contribution in [-0.4, -0.2) is 21.0 Å². The molecule has 2 heterocycles. The Labute approximate surface area is 109 Å². The number of halogens is 3. The molecule has 8 heteroatoms. The van der Waals surface area contributed by atoms with E-state index in [9.17, 15) is 22.8 Å². The van der Waals surface area contributed by atoms with E-state index in [1.807, 2.05) is 0 Å². The molecule has 0 bridgehead atoms. The molecule has 2 aromatic heterocycles. The fourth-order valence-electron chi connectivity index (χ4n) is 1.60. The highest BCUT2D eigenvalue weighted by atomic mass is 19.4. The number of alkyl halides is 3. The van der Waals surface area contributed by atoms with Gasteiger partial charge in [-0.3, -0.25) is 4.79 Å². The Morgan fingerprint density at radius 2 is 2.00 bits per heavy atom. The summed E-state index contributed by atoms with van der Waals surface area (Å²) in [6.07, 6.45) is -3.62. The van der Waals surface area contributed by atoms with E-state index >= 15 is 0 Å². The normalized spacial score (nSPS) is 11.3. The van der Waals surface area contributed by atoms with Crippen molar-refractivity contribution in [1.82, 2.24) is 9.97 Å². The molecule has 0 aliphatic heterocycles. The van der Waals surface area contributed by atoms with Crippen molar-refractivity contribution < 1.29 is 23.1 Å². The largest absolute Gasteiger partial charge is 0.478 e. The predicted molar refractivity (Wildman–Crippen MR) is 62.3 cm³/mol. The smallest absolute Gasteiger partial charge is 0.433 e. The molecule has 0 atom stereocenters. The molecule has 2 aromatic rings. The van der Waals surface area contributed by atoms with E-state index in [-0.39, 0.29) is 11.3 Å². The van der Waals surface area contributed by atoms with E-state index in [2.05, 4.69) is 9.97 Å². The van der Waals surface area contributed by atoms with Crippen LogP contribution in [0, 0.1) is 0 Å². The van der Waals surface area contributed by atoms with Crippen molar-refractivity contribution in [1.29, 1.82) is 0 Å². The molecular formula is C12H7F3N2O3. The molecule has 0 saturated carbocycles. The molecule has 20 heavy (non-hydrogen) atoms. The molecule has 0 fully saturated rings. The maximum atomic E-state index is 12.6. The van der Waals surface area contributed by atoms with Gasteiger partial charge in [0.1, 0.15) is 5.69 Å². The van der Waals surface area contributed by atoms with E-state index in [1.165, 1.54) is 6.07 Å². The summed E-state index contributed by atoms with van der Waals surface area (Å²) in [6.45, 7) is 0. The summed E-state index contributed by atoms with van der Waals surface area (Å²) in [7, 11) is 0. The van der Waals surface area contributed by atoms with Crippen LogP contribution in [0.15, 0.2) is 35.3 Å². The molecule has 0 amide bonds. The Morgan fingerprint density at radius 3 is 2.60 bits per heavy atom. The van der Waals surface area contributed by atoms with E-state index in [0.717, 1.165) is 24.4 Å². The SMILES string of the molecule is O=C(O)c1cc(=O)[nH]cc1-c1cccc(C(F)(F)F)n1. The first-order valence-electron chi connectivity index (χ1n) is 5.29. The van der Waals surface area contributed by atoms with Gasteiger partial charge in [0.05, 0.1) is 11.3 Å². The van der Waals surface area contributed by atoms with Gasteiger partial charge in [-0.05, 0) is 12.1 Å². The monoisotopic (exact) mass is 284 g/mol. The fourth-order valence-corrected chi connectivity index (χ4v) is 1.60. The number of pyridine rings is 2. The molecule has 0 aromatic carbocycles. The van der Waals surface area contributed by atoms with Crippen LogP contribution in [0.3, 0.4) is 0 Å². The highest BCUT2D eigenvalue weighted by molar-refractivity contribution is 5.95. The molecule has 0 radical (unpaired) electrons. The highest BCUT2D eigenvalue weighted by Crippen LogP contribution is 2.29. The standard InChI is InChI=1S/C12H7F3N2O3/c13-12(14,15)9-3-1-2-8(17-9)7-5-16-10(18)4-6(7)11(19)20/h1-5H,(H,16,18)(H,19,20). The molecule has 2 rings (SSSR count). The van der Waals surface area contributed by atoms with Gasteiger partial charge in [0, 0.05) is 17.8 Å². The second-order valence-electron chi connectivity index (χ2n) is 3.84. The number of aromatic nitrogens is 2. The summed E-state index contributed by atoms with van der Waals surface area (Å²) in [4.78, 5) is 27.7. The molecule has 0 aliphatic rings. The van der Waals surface area contributed by atoms with Gasteiger partial charge in [-0.2, -0.15) is 13.2 Å². The number of carbonyl (C=O) groups is 1. The van der Waals surface area contributed by atoms with Crippen molar-refractivity contribution in [2.24, 2.45) is 0 Å². The Kier molecular flexibility index (Phi) is 3.31. The minimum Gasteiger partial charge on any atom is -0.478 e. The molecule has 0 saturated heterocycles. The number of hydrogen-bond acceptors (Lipinski definition) is 3. The summed E-state index contributed by atoms with van der Waals surface area (Å²) in [5.41, 5.74) is -2.51. The van der Waals surface area contributed by atoms with Crippen molar-refractivity contribution in [3.05, 3.63) is 52.1 Å². The zero-order valence-corrected chi connectivity index (χ0v) is 9.73. The Balaban J connectivity index is 2.63. The molecule has 2 N–H and O–H groups in total. The molecule has 0 spiro atoms. The third kappa shape index (κ3) is 2.68. The van der Waals surface area contributed by atoms with Gasteiger partial charge in [-0.15, -0.1) is 0 Å². The number of carboxylic acid groups (broad SMARTS) is 1. The third-order valence-electron chi connectivity index (χ3n) is 2.47. The van der Waals surface area contributed by atoms with Gasteiger partial charge < -0.3 is 10.1 Å². The first kappa shape index (κ1) is 13.8. The van der Waals surface area contributed by atoms with Gasteiger partial charge in [0.25, 0.3) is 0 Å². The molecular weight excluding hydrogens is 277 g/mol. The van der Waals surface area contributed by atoms with Crippen LogP contribution in [0.4, 0.5) is 13.2 Å². The number of rotatable bonds is 2. The van der Waals surface area contributed by atoms with E-state index in [1.54, 1.807) is 0 Å². The average Bonchev–Trinajstić information content (AvgIpc) is 2.37. The van der Waals surface area contributed by atoms with Crippen LogP contribution in [0.2, 0.25) is 0 Å². The summed E-state index contributed by atoms with van der Waals surface area (Å²) in [5, 5.41) is 8.98. The van der Waals surface area contributed by atoms with E-state index in [0.29, 0.717) is 0 Å². The number of nitrogens with zero attached hydrogens (tertiary/aromatic N) is 1. The quantitative estimate of drug-likeness (QED) is 0.885. The summed E-state index contributed by atoms with van der Waals surface area (Å²) < 4.78 is 37.7. The Morgan fingerprint density at radius 1 is 1.30 bits per heavy atom. The molecule has 5 nitrogen and oxygen atoms in total. The van der Waals surface area contributed by atoms with Gasteiger partial charge in [0.2, 0.25) is 5.56 Å². The van der Waals surface area contributed by atoms with Crippen LogP contribution in [0.1, 0.15) is 16.1 Å². The number of nitrogens with one attached hydrogen (secondary N) is 1. The molecule has 0 aliphatic carbocycles. The molecule has 104 valence electrons. The summed E-state index contributed by atoms with van der Waals surface area (Å²) in [5.74, 6) is -1.43. The zero-order valence-electron chi connectivity index (χ0n) is 9.73. The fraction of sp³-hybridized carbons (Fsp3) is 0.0833. The van der Waals surface area contributed by atoms with Gasteiger partial charge in [-0.25, -0.2) is 9.78 Å². The number of aromatic amines is 1. The lowest BCUT2D eigenvalue weighted by atomic mass is 10.1. The van der Waals surface area contributed by atoms with Crippen LogP contribution in [0.25, 0.3) is 11.3 Å². The number of aromatic carboxylic acids is 1. The Hall–Kier alpha value is -2.64. The van der Waals surface area contributed by atoms with Crippen molar-refractivity contribution in [3.63, 3.8) is 0 Å². The lowest BCUT2D eigenvalue weighted by Gasteiger charge is -2.09. The van der Waals surface area contributed by atoms with E-state index in [4.69, 9.17) is 5.11 Å². The van der Waals surface area contributed by atoms with Crippen molar-refractivity contribution in [2.45, 2.75) is 6.18 Å². The van der Waals surface area contributed by atoms with Crippen LogP contribution in [0.5, 0.6) is 0 Å². The lowest BCUT2D eigenvalue weighted by molar-refractivity contribution is -0.141. The second-order valence-corrected chi connectivity index (χ2v) is 3.84. The van der Waals surface area contributed by atoms with Crippen LogP contribution in [-0.2, 0) is 6.18 Å². The minimum absolute atomic E-state index is 0.0943. The van der Waals surface area contributed by atoms with Gasteiger partial charge in [0.15, 0.2) is 0 Å². The minimum atomic E-state index is -4.64. The van der Waals surface area contributed by atoms with Gasteiger partial charge in [-0.1, -0.05) is 6.07 Å². The maximum Gasteiger partial charge on any atom is 0.433 e.